The lowest BCUT2D eigenvalue weighted by molar-refractivity contribution is -0.118. The number of H-pyrrole nitrogens is 1. The number of aromatic nitrogens is 2. The molecule has 0 spiro atoms. The summed E-state index contributed by atoms with van der Waals surface area (Å²) in [7, 11) is 0. The standard InChI is InChI=1S/C11H12FN3OS/c1-7(16)13-5-6-15-9-4-2-3-8(12)10(9)14-11(15)17/h2-4H,5-6H2,1H3,(H,13,16)(H,14,17). The molecule has 0 radical (unpaired) electrons. The van der Waals surface area contributed by atoms with Gasteiger partial charge >= 0.3 is 0 Å². The molecule has 4 nitrogen and oxygen atoms in total. The summed E-state index contributed by atoms with van der Waals surface area (Å²) in [6, 6.07) is 4.80. The monoisotopic (exact) mass is 253 g/mol. The molecule has 0 fully saturated rings. The van der Waals surface area contributed by atoms with Crippen molar-refractivity contribution in [3.63, 3.8) is 0 Å². The van der Waals surface area contributed by atoms with Crippen LogP contribution >= 0.6 is 12.2 Å². The number of carbonyl (C=O) groups is 1. The Bertz CT molecular complexity index is 617. The molecule has 90 valence electrons. The number of nitrogens with zero attached hydrogens (tertiary/aromatic N) is 1. The van der Waals surface area contributed by atoms with E-state index in [0.717, 1.165) is 0 Å². The van der Waals surface area contributed by atoms with Crippen molar-refractivity contribution in [1.29, 1.82) is 0 Å². The summed E-state index contributed by atoms with van der Waals surface area (Å²) < 4.78 is 15.7. The van der Waals surface area contributed by atoms with E-state index in [2.05, 4.69) is 10.3 Å². The fourth-order valence-electron chi connectivity index (χ4n) is 1.71. The molecule has 2 N–H and O–H groups in total. The van der Waals surface area contributed by atoms with Gasteiger partial charge in [-0.15, -0.1) is 0 Å². The van der Waals surface area contributed by atoms with Gasteiger partial charge in [0.1, 0.15) is 11.3 Å². The first-order valence-corrected chi connectivity index (χ1v) is 5.62. The molecule has 0 aliphatic carbocycles. The van der Waals surface area contributed by atoms with Crippen LogP contribution in [0.1, 0.15) is 6.92 Å². The summed E-state index contributed by atoms with van der Waals surface area (Å²) in [4.78, 5) is 13.6. The number of carbonyl (C=O) groups excluding carboxylic acids is 1. The number of benzene rings is 1. The maximum absolute atomic E-state index is 13.5. The Labute approximate surface area is 102 Å². The highest BCUT2D eigenvalue weighted by molar-refractivity contribution is 7.71. The second-order valence-electron chi connectivity index (χ2n) is 3.70. The van der Waals surface area contributed by atoms with Crippen LogP contribution in [0.3, 0.4) is 0 Å². The van der Waals surface area contributed by atoms with Crippen molar-refractivity contribution in [2.75, 3.05) is 6.54 Å². The predicted octanol–water partition coefficient (Wildman–Crippen LogP) is 1.97. The van der Waals surface area contributed by atoms with Crippen LogP contribution in [0.2, 0.25) is 0 Å². The van der Waals surface area contributed by atoms with Gasteiger partial charge < -0.3 is 14.9 Å². The first-order chi connectivity index (χ1) is 8.09. The molecule has 2 rings (SSSR count). The third kappa shape index (κ3) is 2.36. The van der Waals surface area contributed by atoms with Crippen LogP contribution in [0.4, 0.5) is 4.39 Å². The van der Waals surface area contributed by atoms with E-state index in [0.29, 0.717) is 28.9 Å². The average molecular weight is 253 g/mol. The van der Waals surface area contributed by atoms with Crippen LogP contribution in [-0.2, 0) is 11.3 Å². The third-order valence-corrected chi connectivity index (χ3v) is 2.79. The number of imidazole rings is 1. The lowest BCUT2D eigenvalue weighted by atomic mass is 10.3. The number of para-hydroxylation sites is 1. The number of halogens is 1. The smallest absolute Gasteiger partial charge is 0.216 e. The highest BCUT2D eigenvalue weighted by Crippen LogP contribution is 2.16. The summed E-state index contributed by atoms with van der Waals surface area (Å²) >= 11 is 5.12. The van der Waals surface area contributed by atoms with Crippen molar-refractivity contribution in [1.82, 2.24) is 14.9 Å². The number of aromatic amines is 1. The van der Waals surface area contributed by atoms with Gasteiger partial charge in [0.05, 0.1) is 5.52 Å². The van der Waals surface area contributed by atoms with Crippen LogP contribution in [0.15, 0.2) is 18.2 Å². The van der Waals surface area contributed by atoms with Gasteiger partial charge in [-0.2, -0.15) is 0 Å². The van der Waals surface area contributed by atoms with Crippen molar-refractivity contribution in [3.05, 3.63) is 28.8 Å². The maximum Gasteiger partial charge on any atom is 0.216 e. The predicted molar refractivity (Wildman–Crippen MR) is 65.8 cm³/mol. The normalized spacial score (nSPS) is 10.7. The number of hydrogen-bond donors (Lipinski definition) is 2. The minimum absolute atomic E-state index is 0.0949. The van der Waals surface area contributed by atoms with Crippen molar-refractivity contribution in [3.8, 4) is 0 Å². The number of rotatable bonds is 3. The van der Waals surface area contributed by atoms with Gasteiger partial charge in [-0.05, 0) is 24.4 Å². The van der Waals surface area contributed by atoms with E-state index in [-0.39, 0.29) is 11.7 Å². The van der Waals surface area contributed by atoms with Gasteiger partial charge in [0.15, 0.2) is 4.77 Å². The molecule has 2 aromatic rings. The summed E-state index contributed by atoms with van der Waals surface area (Å²) in [5, 5.41) is 2.68. The molecule has 6 heteroatoms. The molecule has 1 aromatic carbocycles. The molecule has 1 amide bonds. The molecule has 0 bridgehead atoms. The molecular formula is C11H12FN3OS. The van der Waals surface area contributed by atoms with Crippen LogP contribution in [0, 0.1) is 10.6 Å². The van der Waals surface area contributed by atoms with Gasteiger partial charge in [-0.1, -0.05) is 6.07 Å². The van der Waals surface area contributed by atoms with Gasteiger partial charge in [0, 0.05) is 20.0 Å². The van der Waals surface area contributed by atoms with E-state index >= 15 is 0 Å². The number of nitrogens with one attached hydrogen (secondary N) is 2. The average Bonchev–Trinajstić information content (AvgIpc) is 2.57. The van der Waals surface area contributed by atoms with Crippen LogP contribution < -0.4 is 5.32 Å². The minimum Gasteiger partial charge on any atom is -0.355 e. The van der Waals surface area contributed by atoms with Gasteiger partial charge in [-0.25, -0.2) is 4.39 Å². The molecule has 0 unspecified atom stereocenters. The molecule has 17 heavy (non-hydrogen) atoms. The number of amides is 1. The van der Waals surface area contributed by atoms with Crippen molar-refractivity contribution in [2.45, 2.75) is 13.5 Å². The van der Waals surface area contributed by atoms with E-state index in [1.54, 1.807) is 16.7 Å². The number of fused-ring (bicyclic) bond motifs is 1. The lowest BCUT2D eigenvalue weighted by Crippen LogP contribution is -2.24. The molecule has 1 aromatic heterocycles. The largest absolute Gasteiger partial charge is 0.355 e. The summed E-state index contributed by atoms with van der Waals surface area (Å²) in [5.41, 5.74) is 1.11. The molecule has 0 atom stereocenters. The Hall–Kier alpha value is -1.69. The highest BCUT2D eigenvalue weighted by Gasteiger charge is 2.07. The lowest BCUT2D eigenvalue weighted by Gasteiger charge is -2.04. The fourth-order valence-corrected chi connectivity index (χ4v) is 2.00. The Kier molecular flexibility index (Phi) is 3.23. The van der Waals surface area contributed by atoms with Crippen molar-refractivity contribution < 1.29 is 9.18 Å². The van der Waals surface area contributed by atoms with Gasteiger partial charge in [0.2, 0.25) is 5.91 Å². The first kappa shape index (κ1) is 11.8. The second-order valence-corrected chi connectivity index (χ2v) is 4.09. The fraction of sp³-hybridized carbons (Fsp3) is 0.273. The Balaban J connectivity index is 2.34. The van der Waals surface area contributed by atoms with Gasteiger partial charge in [0.25, 0.3) is 0 Å². The van der Waals surface area contributed by atoms with Crippen LogP contribution in [0.25, 0.3) is 11.0 Å². The summed E-state index contributed by atoms with van der Waals surface area (Å²) in [5.74, 6) is -0.422. The molecule has 0 saturated heterocycles. The SMILES string of the molecule is CC(=O)NCCn1c(=S)[nH]c2c(F)cccc21. The topological polar surface area (TPSA) is 49.8 Å². The van der Waals surface area contributed by atoms with E-state index in [1.807, 2.05) is 0 Å². The van der Waals surface area contributed by atoms with E-state index in [4.69, 9.17) is 12.2 Å². The van der Waals surface area contributed by atoms with Crippen LogP contribution in [0.5, 0.6) is 0 Å². The second kappa shape index (κ2) is 4.67. The minimum atomic E-state index is -0.327. The molecular weight excluding hydrogens is 241 g/mol. The van der Waals surface area contributed by atoms with Gasteiger partial charge in [-0.3, -0.25) is 4.79 Å². The molecule has 1 heterocycles. The van der Waals surface area contributed by atoms with E-state index in [1.165, 1.54) is 13.0 Å². The Morgan fingerprint density at radius 3 is 3.06 bits per heavy atom. The van der Waals surface area contributed by atoms with E-state index < -0.39 is 0 Å². The van der Waals surface area contributed by atoms with Crippen molar-refractivity contribution >= 4 is 29.2 Å². The molecule has 0 saturated carbocycles. The maximum atomic E-state index is 13.5. The Morgan fingerprint density at radius 1 is 1.59 bits per heavy atom. The molecule has 0 aliphatic rings. The third-order valence-electron chi connectivity index (χ3n) is 2.47. The van der Waals surface area contributed by atoms with E-state index in [9.17, 15) is 9.18 Å². The van der Waals surface area contributed by atoms with Crippen LogP contribution in [-0.4, -0.2) is 22.0 Å². The highest BCUT2D eigenvalue weighted by atomic mass is 32.1. The first-order valence-electron chi connectivity index (χ1n) is 5.21. The zero-order chi connectivity index (χ0) is 12.4. The summed E-state index contributed by atoms with van der Waals surface area (Å²) in [6.07, 6.45) is 0. The quantitative estimate of drug-likeness (QED) is 0.822. The Morgan fingerprint density at radius 2 is 2.35 bits per heavy atom. The molecule has 0 aliphatic heterocycles. The number of hydrogen-bond acceptors (Lipinski definition) is 2. The zero-order valence-electron chi connectivity index (χ0n) is 9.29. The van der Waals surface area contributed by atoms with Crippen molar-refractivity contribution in [2.24, 2.45) is 0 Å². The summed E-state index contributed by atoms with van der Waals surface area (Å²) in [6.45, 7) is 2.43. The zero-order valence-corrected chi connectivity index (χ0v) is 10.1.